The van der Waals surface area contributed by atoms with Crippen LogP contribution in [0.3, 0.4) is 0 Å². The third-order valence-electron chi connectivity index (χ3n) is 8.56. The standard InChI is InChI=1S/C38H53N5O7S/c1-4-13-31(14-5-2)51(48,49)27-33(43-36(45)30-19-12-21-39-26-30)37(46)42-32(25-29-17-10-7-11-18-29)35(44)34(40-23-24-50-3)38(47)41-22-20-28-15-8-6-9-16-28/h6-12,15-19,21,26,31-35,40,44H,4-5,13-14,20,22-25,27H2,1-3H3,(H,41,47)(H,42,46)(H,43,45)/t32-,33?,34+,35+/m0/s1. The van der Waals surface area contributed by atoms with Gasteiger partial charge in [-0.15, -0.1) is 0 Å². The molecule has 0 fully saturated rings. The van der Waals surface area contributed by atoms with E-state index in [9.17, 15) is 27.9 Å². The fourth-order valence-corrected chi connectivity index (χ4v) is 8.01. The number of hydrogen-bond acceptors (Lipinski definition) is 9. The fourth-order valence-electron chi connectivity index (χ4n) is 5.85. The molecule has 1 unspecified atom stereocenters. The van der Waals surface area contributed by atoms with Crippen molar-refractivity contribution < 1.29 is 32.6 Å². The fraction of sp³-hybridized carbons (Fsp3) is 0.474. The van der Waals surface area contributed by atoms with Gasteiger partial charge < -0.3 is 31.1 Å². The van der Waals surface area contributed by atoms with E-state index in [2.05, 4.69) is 26.3 Å². The maximum atomic E-state index is 14.2. The van der Waals surface area contributed by atoms with Crippen molar-refractivity contribution in [2.24, 2.45) is 0 Å². The molecule has 0 saturated heterocycles. The summed E-state index contributed by atoms with van der Waals surface area (Å²) in [7, 11) is -2.34. The first-order valence-corrected chi connectivity index (χ1v) is 19.3. The molecule has 0 aliphatic rings. The van der Waals surface area contributed by atoms with Crippen LogP contribution in [-0.2, 0) is 37.0 Å². The minimum atomic E-state index is -3.86. The second kappa shape index (κ2) is 21.9. The van der Waals surface area contributed by atoms with E-state index in [0.717, 1.165) is 11.1 Å². The molecule has 278 valence electrons. The van der Waals surface area contributed by atoms with Crippen LogP contribution in [0.25, 0.3) is 0 Å². The molecule has 4 atom stereocenters. The number of carbonyl (C=O) groups excluding carboxylic acids is 3. The first-order valence-electron chi connectivity index (χ1n) is 17.6. The summed E-state index contributed by atoms with van der Waals surface area (Å²) in [6.07, 6.45) is 4.15. The molecule has 51 heavy (non-hydrogen) atoms. The second-order valence-electron chi connectivity index (χ2n) is 12.5. The van der Waals surface area contributed by atoms with Gasteiger partial charge in [-0.2, -0.15) is 0 Å². The van der Waals surface area contributed by atoms with Gasteiger partial charge in [0, 0.05) is 32.6 Å². The van der Waals surface area contributed by atoms with Crippen molar-refractivity contribution in [1.29, 1.82) is 0 Å². The Labute approximate surface area is 302 Å². The highest BCUT2D eigenvalue weighted by Gasteiger charge is 2.37. The van der Waals surface area contributed by atoms with Crippen molar-refractivity contribution in [3.8, 4) is 0 Å². The quantitative estimate of drug-likeness (QED) is 0.0922. The van der Waals surface area contributed by atoms with E-state index < -0.39 is 62.8 Å². The SMILES string of the molecule is CCCC(CCC)S(=O)(=O)CC(NC(=O)c1cccnc1)C(=O)N[C@@H](Cc1ccccc1)[C@@H](O)[C@@H](NCCOC)C(=O)NCCc1ccccc1. The number of pyridine rings is 1. The lowest BCUT2D eigenvalue weighted by atomic mass is 9.95. The molecule has 13 heteroatoms. The maximum Gasteiger partial charge on any atom is 0.253 e. The number of nitrogens with one attached hydrogen (secondary N) is 4. The van der Waals surface area contributed by atoms with Gasteiger partial charge in [0.1, 0.15) is 12.1 Å². The van der Waals surface area contributed by atoms with Gasteiger partial charge >= 0.3 is 0 Å². The van der Waals surface area contributed by atoms with Gasteiger partial charge in [0.25, 0.3) is 5.91 Å². The number of carbonyl (C=O) groups is 3. The summed E-state index contributed by atoms with van der Waals surface area (Å²) in [5, 5.41) is 22.6. The molecule has 12 nitrogen and oxygen atoms in total. The molecule has 1 aromatic heterocycles. The Bertz CT molecular complexity index is 1570. The molecule has 2 aromatic carbocycles. The molecular weight excluding hydrogens is 671 g/mol. The predicted octanol–water partition coefficient (Wildman–Crippen LogP) is 2.62. The zero-order chi connectivity index (χ0) is 37.1. The van der Waals surface area contributed by atoms with E-state index in [4.69, 9.17) is 4.74 Å². The molecule has 0 aliphatic carbocycles. The van der Waals surface area contributed by atoms with Gasteiger partial charge in [0.2, 0.25) is 11.8 Å². The van der Waals surface area contributed by atoms with Crippen molar-refractivity contribution in [1.82, 2.24) is 26.3 Å². The van der Waals surface area contributed by atoms with Gasteiger partial charge in [-0.3, -0.25) is 19.4 Å². The molecule has 3 aromatic rings. The van der Waals surface area contributed by atoms with Gasteiger partial charge in [-0.1, -0.05) is 87.4 Å². The lowest BCUT2D eigenvalue weighted by molar-refractivity contribution is -0.129. The zero-order valence-corrected chi connectivity index (χ0v) is 30.6. The van der Waals surface area contributed by atoms with Crippen LogP contribution < -0.4 is 21.3 Å². The smallest absolute Gasteiger partial charge is 0.253 e. The maximum absolute atomic E-state index is 14.2. The molecule has 0 radical (unpaired) electrons. The van der Waals surface area contributed by atoms with E-state index in [-0.39, 0.29) is 25.1 Å². The normalized spacial score (nSPS) is 13.9. The molecule has 3 amide bonds. The Morgan fingerprint density at radius 1 is 0.843 bits per heavy atom. The van der Waals surface area contributed by atoms with E-state index in [1.165, 1.54) is 25.6 Å². The van der Waals surface area contributed by atoms with Crippen molar-refractivity contribution in [2.75, 3.05) is 32.6 Å². The number of methoxy groups -OCH3 is 1. The molecule has 0 aliphatic heterocycles. The van der Waals surface area contributed by atoms with Crippen LogP contribution in [-0.4, -0.2) is 98.3 Å². The van der Waals surface area contributed by atoms with Crippen LogP contribution >= 0.6 is 0 Å². The molecule has 0 spiro atoms. The molecule has 0 bridgehead atoms. The first kappa shape index (κ1) is 41.3. The number of benzene rings is 2. The molecule has 5 N–H and O–H groups in total. The topological polar surface area (TPSA) is 176 Å². The van der Waals surface area contributed by atoms with Gasteiger partial charge in [0.05, 0.1) is 35.3 Å². The lowest BCUT2D eigenvalue weighted by Gasteiger charge is -2.32. The minimum Gasteiger partial charge on any atom is -0.389 e. The van der Waals surface area contributed by atoms with Crippen LogP contribution in [0, 0.1) is 0 Å². The van der Waals surface area contributed by atoms with Crippen LogP contribution in [0.4, 0.5) is 0 Å². The summed E-state index contributed by atoms with van der Waals surface area (Å²) in [6.45, 7) is 4.60. The summed E-state index contributed by atoms with van der Waals surface area (Å²) in [6, 6.07) is 18.1. The Kier molecular flexibility index (Phi) is 17.7. The third kappa shape index (κ3) is 13.8. The van der Waals surface area contributed by atoms with Crippen molar-refractivity contribution in [2.45, 2.75) is 81.9 Å². The number of sulfone groups is 1. The Morgan fingerprint density at radius 2 is 1.49 bits per heavy atom. The highest BCUT2D eigenvalue weighted by molar-refractivity contribution is 7.92. The molecular formula is C38H53N5O7S. The van der Waals surface area contributed by atoms with Gasteiger partial charge in [-0.25, -0.2) is 8.42 Å². The number of amides is 3. The van der Waals surface area contributed by atoms with Crippen molar-refractivity contribution in [3.05, 3.63) is 102 Å². The minimum absolute atomic E-state index is 0.109. The number of nitrogens with zero attached hydrogens (tertiary/aromatic N) is 1. The highest BCUT2D eigenvalue weighted by Crippen LogP contribution is 2.18. The summed E-state index contributed by atoms with van der Waals surface area (Å²) in [5.74, 6) is -2.59. The number of hydrogen-bond donors (Lipinski definition) is 5. The van der Waals surface area contributed by atoms with E-state index >= 15 is 0 Å². The largest absolute Gasteiger partial charge is 0.389 e. The summed E-state index contributed by atoms with van der Waals surface area (Å²) < 4.78 is 32.6. The zero-order valence-electron chi connectivity index (χ0n) is 29.8. The average molecular weight is 724 g/mol. The summed E-state index contributed by atoms with van der Waals surface area (Å²) in [5.41, 5.74) is 1.95. The van der Waals surface area contributed by atoms with Gasteiger partial charge in [-0.05, 0) is 48.9 Å². The molecule has 1 heterocycles. The highest BCUT2D eigenvalue weighted by atomic mass is 32.2. The lowest BCUT2D eigenvalue weighted by Crippen LogP contribution is -2.62. The second-order valence-corrected chi connectivity index (χ2v) is 14.9. The van der Waals surface area contributed by atoms with Crippen LogP contribution in [0.5, 0.6) is 0 Å². The summed E-state index contributed by atoms with van der Waals surface area (Å²) in [4.78, 5) is 45.0. The van der Waals surface area contributed by atoms with Crippen LogP contribution in [0.1, 0.15) is 61.0 Å². The van der Waals surface area contributed by atoms with Crippen molar-refractivity contribution >= 4 is 27.6 Å². The van der Waals surface area contributed by atoms with E-state index in [1.54, 1.807) is 6.07 Å². The van der Waals surface area contributed by atoms with Gasteiger partial charge in [0.15, 0.2) is 9.84 Å². The van der Waals surface area contributed by atoms with E-state index in [1.807, 2.05) is 74.5 Å². The number of rotatable bonds is 23. The Morgan fingerprint density at radius 3 is 2.08 bits per heavy atom. The average Bonchev–Trinajstić information content (AvgIpc) is 3.13. The predicted molar refractivity (Wildman–Crippen MR) is 198 cm³/mol. The summed E-state index contributed by atoms with van der Waals surface area (Å²) >= 11 is 0. The van der Waals surface area contributed by atoms with E-state index in [0.29, 0.717) is 38.6 Å². The monoisotopic (exact) mass is 723 g/mol. The van der Waals surface area contributed by atoms with Crippen molar-refractivity contribution in [3.63, 3.8) is 0 Å². The molecule has 0 saturated carbocycles. The third-order valence-corrected chi connectivity index (χ3v) is 10.8. The number of aromatic nitrogens is 1. The Hall–Kier alpha value is -4.17. The van der Waals surface area contributed by atoms with Crippen LogP contribution in [0.2, 0.25) is 0 Å². The van der Waals surface area contributed by atoms with Crippen LogP contribution in [0.15, 0.2) is 85.2 Å². The number of aliphatic hydroxyl groups excluding tert-OH is 1. The first-order chi connectivity index (χ1) is 24.6. The number of ether oxygens (including phenoxy) is 1. The number of aliphatic hydroxyl groups is 1. The molecule has 3 rings (SSSR count). The Balaban J connectivity index is 1.93.